The molecule has 1 saturated carbocycles. The largest absolute Gasteiger partial charge is 0.340 e. The van der Waals surface area contributed by atoms with E-state index in [-0.39, 0.29) is 23.6 Å². The zero-order valence-corrected chi connectivity index (χ0v) is 16.8. The van der Waals surface area contributed by atoms with Crippen molar-refractivity contribution in [2.75, 3.05) is 32.9 Å². The van der Waals surface area contributed by atoms with E-state index < -0.39 is 20.5 Å². The highest BCUT2D eigenvalue weighted by molar-refractivity contribution is 7.92. The lowest BCUT2D eigenvalue weighted by Crippen LogP contribution is -2.51. The molecular weight excluding hydrogens is 372 g/mol. The molecule has 0 spiro atoms. The van der Waals surface area contributed by atoms with Crippen LogP contribution in [0.5, 0.6) is 0 Å². The summed E-state index contributed by atoms with van der Waals surface area (Å²) >= 11 is 6.00. The van der Waals surface area contributed by atoms with Crippen molar-refractivity contribution in [1.29, 1.82) is 0 Å². The van der Waals surface area contributed by atoms with Gasteiger partial charge >= 0.3 is 0 Å². The highest BCUT2D eigenvalue weighted by Crippen LogP contribution is 2.47. The number of carbonyl (C=O) groups excluding carboxylic acids is 1. The third-order valence-corrected chi connectivity index (χ3v) is 9.11. The number of hydrogen-bond acceptors (Lipinski definition) is 4. The molecule has 4 rings (SSSR count). The molecule has 5 nitrogen and oxygen atoms in total. The van der Waals surface area contributed by atoms with Crippen molar-refractivity contribution in [2.45, 2.75) is 36.0 Å². The van der Waals surface area contributed by atoms with E-state index in [0.29, 0.717) is 18.1 Å². The van der Waals surface area contributed by atoms with Crippen LogP contribution in [0.25, 0.3) is 0 Å². The van der Waals surface area contributed by atoms with Crippen molar-refractivity contribution in [3.63, 3.8) is 0 Å². The fourth-order valence-corrected chi connectivity index (χ4v) is 7.56. The second-order valence-electron chi connectivity index (χ2n) is 8.22. The molecule has 0 unspecified atom stereocenters. The molecule has 0 aromatic heterocycles. The van der Waals surface area contributed by atoms with E-state index in [4.69, 9.17) is 11.6 Å². The first-order chi connectivity index (χ1) is 12.2. The summed E-state index contributed by atoms with van der Waals surface area (Å²) in [4.78, 5) is 17.2. The van der Waals surface area contributed by atoms with Crippen LogP contribution >= 0.6 is 11.6 Å². The Morgan fingerprint density at radius 3 is 2.38 bits per heavy atom. The molecule has 0 N–H and O–H groups in total. The molecule has 3 fully saturated rings. The van der Waals surface area contributed by atoms with Crippen molar-refractivity contribution in [3.05, 3.63) is 34.9 Å². The van der Waals surface area contributed by atoms with Gasteiger partial charge in [-0.2, -0.15) is 0 Å². The predicted octanol–water partition coefficient (Wildman–Crippen LogP) is 1.95. The van der Waals surface area contributed by atoms with E-state index in [2.05, 4.69) is 0 Å². The number of hydrogen-bond donors (Lipinski definition) is 0. The lowest BCUT2D eigenvalue weighted by molar-refractivity contribution is -0.140. The maximum atomic E-state index is 13.4. The average molecular weight is 397 g/mol. The zero-order valence-electron chi connectivity index (χ0n) is 15.2. The molecule has 2 saturated heterocycles. The molecule has 142 valence electrons. The van der Waals surface area contributed by atoms with Gasteiger partial charge in [0, 0.05) is 30.1 Å². The Balaban J connectivity index is 1.60. The van der Waals surface area contributed by atoms with Crippen LogP contribution in [-0.4, -0.2) is 68.4 Å². The molecule has 3 aliphatic rings. The summed E-state index contributed by atoms with van der Waals surface area (Å²) in [6.07, 6.45) is 2.67. The standard InChI is InChI=1S/C19H25ClN2O3S/c1-21(2)16-12-26(24,25)17-11-22(10-15(16)17)18(23)19(8-3-9-19)13-4-6-14(20)7-5-13/h4-7,15-17H,3,8-12H2,1-2H3/t15-,16-,17-/m0/s1. The maximum Gasteiger partial charge on any atom is 0.233 e. The van der Waals surface area contributed by atoms with Gasteiger partial charge in [0.15, 0.2) is 9.84 Å². The normalized spacial score (nSPS) is 31.7. The number of benzene rings is 1. The Morgan fingerprint density at radius 1 is 1.19 bits per heavy atom. The topological polar surface area (TPSA) is 57.7 Å². The summed E-state index contributed by atoms with van der Waals surface area (Å²) in [5, 5.41) is 0.243. The number of carbonyl (C=O) groups is 1. The van der Waals surface area contributed by atoms with Crippen LogP contribution in [0.4, 0.5) is 0 Å². The molecule has 2 heterocycles. The fourth-order valence-electron chi connectivity index (χ4n) is 4.96. The van der Waals surface area contributed by atoms with Gasteiger partial charge in [0.25, 0.3) is 0 Å². The molecule has 2 aliphatic heterocycles. The molecule has 1 aromatic rings. The summed E-state index contributed by atoms with van der Waals surface area (Å²) < 4.78 is 25.2. The molecule has 26 heavy (non-hydrogen) atoms. The minimum atomic E-state index is -3.14. The fraction of sp³-hybridized carbons (Fsp3) is 0.632. The first kappa shape index (κ1) is 18.3. The quantitative estimate of drug-likeness (QED) is 0.783. The smallest absolute Gasteiger partial charge is 0.233 e. The van der Waals surface area contributed by atoms with Gasteiger partial charge in [-0.25, -0.2) is 8.42 Å². The molecular formula is C19H25ClN2O3S. The Hall–Kier alpha value is -1.11. The van der Waals surface area contributed by atoms with Crippen LogP contribution in [0.1, 0.15) is 24.8 Å². The van der Waals surface area contributed by atoms with Crippen LogP contribution in [0.3, 0.4) is 0 Å². The van der Waals surface area contributed by atoms with Gasteiger partial charge in [-0.05, 0) is 44.6 Å². The summed E-state index contributed by atoms with van der Waals surface area (Å²) in [6.45, 7) is 0.881. The van der Waals surface area contributed by atoms with E-state index in [1.165, 1.54) is 0 Å². The van der Waals surface area contributed by atoms with Gasteiger partial charge in [-0.15, -0.1) is 0 Å². The highest BCUT2D eigenvalue weighted by Gasteiger charge is 2.56. The number of nitrogens with zero attached hydrogens (tertiary/aromatic N) is 2. The second kappa shape index (κ2) is 6.21. The van der Waals surface area contributed by atoms with Crippen LogP contribution in [-0.2, 0) is 20.0 Å². The monoisotopic (exact) mass is 396 g/mol. The molecule has 1 aliphatic carbocycles. The van der Waals surface area contributed by atoms with E-state index in [9.17, 15) is 13.2 Å². The number of rotatable bonds is 3. The van der Waals surface area contributed by atoms with E-state index in [0.717, 1.165) is 24.8 Å². The van der Waals surface area contributed by atoms with E-state index in [1.807, 2.05) is 48.2 Å². The number of amides is 1. The van der Waals surface area contributed by atoms with Crippen LogP contribution in [0.15, 0.2) is 24.3 Å². The van der Waals surface area contributed by atoms with Crippen LogP contribution in [0.2, 0.25) is 5.02 Å². The number of fused-ring (bicyclic) bond motifs is 1. The summed E-state index contributed by atoms with van der Waals surface area (Å²) in [5.74, 6) is 0.314. The van der Waals surface area contributed by atoms with Gasteiger partial charge in [-0.3, -0.25) is 4.79 Å². The van der Waals surface area contributed by atoms with Crippen molar-refractivity contribution in [1.82, 2.24) is 9.80 Å². The predicted molar refractivity (Wildman–Crippen MR) is 102 cm³/mol. The lowest BCUT2D eigenvalue weighted by Gasteiger charge is -2.43. The Morgan fingerprint density at radius 2 is 1.85 bits per heavy atom. The number of halogens is 1. The Kier molecular flexibility index (Phi) is 4.36. The van der Waals surface area contributed by atoms with Gasteiger partial charge < -0.3 is 9.80 Å². The van der Waals surface area contributed by atoms with Gasteiger partial charge in [0.05, 0.1) is 16.4 Å². The number of sulfone groups is 1. The highest BCUT2D eigenvalue weighted by atomic mass is 35.5. The van der Waals surface area contributed by atoms with E-state index in [1.54, 1.807) is 0 Å². The van der Waals surface area contributed by atoms with Crippen molar-refractivity contribution < 1.29 is 13.2 Å². The lowest BCUT2D eigenvalue weighted by atomic mass is 9.63. The molecule has 7 heteroatoms. The number of likely N-dealkylation sites (tertiary alicyclic amines) is 1. The summed E-state index contributed by atoms with van der Waals surface area (Å²) in [7, 11) is 0.708. The SMILES string of the molecule is CN(C)[C@H]1CS(=O)(=O)[C@H]2CN(C(=O)C3(c4ccc(Cl)cc4)CCC3)C[C@@H]12. The van der Waals surface area contributed by atoms with Crippen LogP contribution < -0.4 is 0 Å². The third kappa shape index (κ3) is 2.69. The molecule has 1 amide bonds. The third-order valence-electron chi connectivity index (χ3n) is 6.63. The van der Waals surface area contributed by atoms with Crippen molar-refractivity contribution in [2.24, 2.45) is 5.92 Å². The molecule has 1 aromatic carbocycles. The minimum absolute atomic E-state index is 0.00401. The van der Waals surface area contributed by atoms with E-state index >= 15 is 0 Å². The maximum absolute atomic E-state index is 13.4. The van der Waals surface area contributed by atoms with Gasteiger partial charge in [0.1, 0.15) is 0 Å². The molecule has 0 radical (unpaired) electrons. The molecule has 3 atom stereocenters. The average Bonchev–Trinajstić information content (AvgIpc) is 3.07. The zero-order chi connectivity index (χ0) is 18.7. The first-order valence-electron chi connectivity index (χ1n) is 9.18. The minimum Gasteiger partial charge on any atom is -0.340 e. The van der Waals surface area contributed by atoms with Gasteiger partial charge in [-0.1, -0.05) is 30.2 Å². The Labute approximate surface area is 160 Å². The summed E-state index contributed by atoms with van der Waals surface area (Å²) in [5.41, 5.74) is 0.503. The van der Waals surface area contributed by atoms with Crippen molar-refractivity contribution in [3.8, 4) is 0 Å². The van der Waals surface area contributed by atoms with Gasteiger partial charge in [0.2, 0.25) is 5.91 Å². The van der Waals surface area contributed by atoms with Crippen molar-refractivity contribution >= 4 is 27.3 Å². The van der Waals surface area contributed by atoms with Crippen LogP contribution in [0, 0.1) is 5.92 Å². The molecule has 0 bridgehead atoms. The Bertz CT molecular complexity index is 818. The summed E-state index contributed by atoms with van der Waals surface area (Å²) in [6, 6.07) is 7.53. The first-order valence-corrected chi connectivity index (χ1v) is 11.3. The second-order valence-corrected chi connectivity index (χ2v) is 10.9.